The molecule has 0 spiro atoms. The summed E-state index contributed by atoms with van der Waals surface area (Å²) < 4.78 is 29.6. The van der Waals surface area contributed by atoms with Gasteiger partial charge in [-0.1, -0.05) is 12.1 Å². The second-order valence-corrected chi connectivity index (χ2v) is 7.24. The van der Waals surface area contributed by atoms with Crippen LogP contribution in [0.15, 0.2) is 54.6 Å². The number of amides is 4. The summed E-state index contributed by atoms with van der Waals surface area (Å²) in [5.41, 5.74) is 0.593. The number of hydrogen-bond donors (Lipinski definition) is 1. The van der Waals surface area contributed by atoms with Crippen LogP contribution in [0.5, 0.6) is 11.5 Å². The molecule has 0 radical (unpaired) electrons. The summed E-state index contributed by atoms with van der Waals surface area (Å²) in [7, 11) is 1.24. The van der Waals surface area contributed by atoms with E-state index < -0.39 is 29.6 Å². The predicted molar refractivity (Wildman–Crippen MR) is 124 cm³/mol. The van der Waals surface area contributed by atoms with Crippen molar-refractivity contribution in [3.05, 3.63) is 71.6 Å². The van der Waals surface area contributed by atoms with Crippen molar-refractivity contribution in [3.8, 4) is 11.5 Å². The Morgan fingerprint density at radius 3 is 2.60 bits per heavy atom. The summed E-state index contributed by atoms with van der Waals surface area (Å²) in [6, 6.07) is 7.06. The predicted octanol–water partition coefficient (Wildman–Crippen LogP) is 3.17. The first kappa shape index (κ1) is 25.2. The van der Waals surface area contributed by atoms with E-state index in [0.29, 0.717) is 22.4 Å². The van der Waals surface area contributed by atoms with E-state index in [-0.39, 0.29) is 36.0 Å². The number of carbonyl (C=O) groups excluding carboxylic acids is 4. The van der Waals surface area contributed by atoms with E-state index >= 15 is 0 Å². The minimum Gasteiger partial charge on any atom is -0.490 e. The Morgan fingerprint density at radius 2 is 1.94 bits per heavy atom. The van der Waals surface area contributed by atoms with Gasteiger partial charge in [0.15, 0.2) is 18.1 Å². The van der Waals surface area contributed by atoms with Gasteiger partial charge in [0.2, 0.25) is 0 Å². The molecule has 3 rings (SSSR count). The van der Waals surface area contributed by atoms with Crippen LogP contribution in [0.3, 0.4) is 0 Å². The maximum Gasteiger partial charge on any atom is 0.343 e. The molecular formula is C25H23FN2O7. The van der Waals surface area contributed by atoms with Crippen molar-refractivity contribution in [1.82, 2.24) is 5.32 Å². The van der Waals surface area contributed by atoms with E-state index in [9.17, 15) is 23.6 Å². The molecule has 1 aliphatic heterocycles. The fraction of sp³-hybridized carbons (Fsp3) is 0.200. The molecule has 0 aliphatic carbocycles. The molecule has 0 unspecified atom stereocenters. The number of methoxy groups -OCH3 is 1. The van der Waals surface area contributed by atoms with Gasteiger partial charge in [-0.2, -0.15) is 0 Å². The minimum atomic E-state index is -0.989. The van der Waals surface area contributed by atoms with Crippen LogP contribution in [0, 0.1) is 5.82 Å². The SMILES string of the molecule is C=CCc1cc(/C=C2\C(=O)NC(=O)N(c3cccc(F)c3)C2=O)cc(OCC)c1OCC(=O)OC. The van der Waals surface area contributed by atoms with Gasteiger partial charge in [-0.25, -0.2) is 18.9 Å². The second kappa shape index (κ2) is 11.1. The summed E-state index contributed by atoms with van der Waals surface area (Å²) in [5, 5.41) is 2.09. The van der Waals surface area contributed by atoms with Crippen molar-refractivity contribution < 1.29 is 37.8 Å². The molecule has 10 heteroatoms. The molecule has 4 amide bonds. The first-order valence-electron chi connectivity index (χ1n) is 10.6. The summed E-state index contributed by atoms with van der Waals surface area (Å²) in [5.74, 6) is -2.50. The molecule has 9 nitrogen and oxygen atoms in total. The third kappa shape index (κ3) is 5.72. The number of barbiturate groups is 1. The quantitative estimate of drug-likeness (QED) is 0.253. The Balaban J connectivity index is 2.06. The summed E-state index contributed by atoms with van der Waals surface area (Å²) >= 11 is 0. The van der Waals surface area contributed by atoms with Crippen LogP contribution in [0.1, 0.15) is 18.1 Å². The maximum atomic E-state index is 13.7. The van der Waals surface area contributed by atoms with Crippen LogP contribution in [0.2, 0.25) is 0 Å². The number of carbonyl (C=O) groups is 4. The second-order valence-electron chi connectivity index (χ2n) is 7.24. The zero-order valence-electron chi connectivity index (χ0n) is 19.1. The third-order valence-corrected chi connectivity index (χ3v) is 4.86. The first-order valence-corrected chi connectivity index (χ1v) is 10.6. The highest BCUT2D eigenvalue weighted by Gasteiger charge is 2.37. The molecule has 1 N–H and O–H groups in total. The topological polar surface area (TPSA) is 111 Å². The van der Waals surface area contributed by atoms with E-state index in [4.69, 9.17) is 9.47 Å². The monoisotopic (exact) mass is 482 g/mol. The van der Waals surface area contributed by atoms with E-state index in [1.807, 2.05) is 0 Å². The number of ether oxygens (including phenoxy) is 3. The largest absolute Gasteiger partial charge is 0.490 e. The number of allylic oxidation sites excluding steroid dienone is 1. The number of rotatable bonds is 9. The number of imide groups is 2. The highest BCUT2D eigenvalue weighted by Crippen LogP contribution is 2.35. The number of hydrogen-bond acceptors (Lipinski definition) is 7. The number of halogens is 1. The minimum absolute atomic E-state index is 0.0280. The van der Waals surface area contributed by atoms with E-state index in [1.165, 1.54) is 31.4 Å². The van der Waals surface area contributed by atoms with Gasteiger partial charge in [0.05, 0.1) is 19.4 Å². The average molecular weight is 482 g/mol. The standard InChI is InChI=1S/C25H23FN2O7/c1-4-7-16-10-15(12-20(34-5-2)22(16)35-14-21(29)33-3)11-19-23(30)27-25(32)28(24(19)31)18-9-6-8-17(26)13-18/h4,6,8-13H,1,5,7,14H2,2-3H3,(H,27,30,32)/b19-11+. The van der Waals surface area contributed by atoms with E-state index in [1.54, 1.807) is 19.1 Å². The number of urea groups is 1. The lowest BCUT2D eigenvalue weighted by Crippen LogP contribution is -2.54. The van der Waals surface area contributed by atoms with Crippen LogP contribution in [0.25, 0.3) is 6.08 Å². The van der Waals surface area contributed by atoms with Crippen molar-refractivity contribution in [2.75, 3.05) is 25.2 Å². The lowest BCUT2D eigenvalue weighted by atomic mass is 10.0. The molecule has 2 aromatic carbocycles. The van der Waals surface area contributed by atoms with Crippen molar-refractivity contribution in [3.63, 3.8) is 0 Å². The Morgan fingerprint density at radius 1 is 1.17 bits per heavy atom. The molecule has 0 aromatic heterocycles. The normalized spacial score (nSPS) is 14.5. The molecule has 0 saturated carbocycles. The van der Waals surface area contributed by atoms with Crippen molar-refractivity contribution in [1.29, 1.82) is 0 Å². The van der Waals surface area contributed by atoms with Gasteiger partial charge >= 0.3 is 12.0 Å². The molecule has 0 bridgehead atoms. The average Bonchev–Trinajstić information content (AvgIpc) is 2.81. The lowest BCUT2D eigenvalue weighted by Gasteiger charge is -2.26. The molecule has 1 fully saturated rings. The number of nitrogens with one attached hydrogen (secondary N) is 1. The smallest absolute Gasteiger partial charge is 0.343 e. The Kier molecular flexibility index (Phi) is 7.98. The first-order chi connectivity index (χ1) is 16.8. The fourth-order valence-electron chi connectivity index (χ4n) is 3.36. The molecule has 35 heavy (non-hydrogen) atoms. The zero-order valence-corrected chi connectivity index (χ0v) is 19.1. The Labute approximate surface area is 200 Å². The molecule has 2 aromatic rings. The maximum absolute atomic E-state index is 13.7. The van der Waals surface area contributed by atoms with Gasteiger partial charge in [-0.15, -0.1) is 6.58 Å². The zero-order chi connectivity index (χ0) is 25.5. The third-order valence-electron chi connectivity index (χ3n) is 4.86. The van der Waals surface area contributed by atoms with Crippen molar-refractivity contribution >= 4 is 35.6 Å². The number of anilines is 1. The number of benzene rings is 2. The molecule has 182 valence electrons. The van der Waals surface area contributed by atoms with Crippen LogP contribution in [0.4, 0.5) is 14.9 Å². The fourth-order valence-corrected chi connectivity index (χ4v) is 3.36. The Bertz CT molecular complexity index is 1220. The van der Waals surface area contributed by atoms with E-state index in [0.717, 1.165) is 12.1 Å². The van der Waals surface area contributed by atoms with Gasteiger partial charge in [-0.05, 0) is 55.3 Å². The lowest BCUT2D eigenvalue weighted by molar-refractivity contribution is -0.143. The van der Waals surface area contributed by atoms with Gasteiger partial charge in [-0.3, -0.25) is 14.9 Å². The molecule has 1 heterocycles. The molecule has 0 atom stereocenters. The van der Waals surface area contributed by atoms with Crippen LogP contribution >= 0.6 is 0 Å². The van der Waals surface area contributed by atoms with Gasteiger partial charge < -0.3 is 14.2 Å². The van der Waals surface area contributed by atoms with Gasteiger partial charge in [0.25, 0.3) is 11.8 Å². The van der Waals surface area contributed by atoms with Crippen LogP contribution in [-0.4, -0.2) is 44.1 Å². The summed E-state index contributed by atoms with van der Waals surface area (Å²) in [6.07, 6.45) is 3.22. The summed E-state index contributed by atoms with van der Waals surface area (Å²) in [6.45, 7) is 5.38. The molecular weight excluding hydrogens is 459 g/mol. The highest BCUT2D eigenvalue weighted by atomic mass is 19.1. The van der Waals surface area contributed by atoms with Crippen molar-refractivity contribution in [2.45, 2.75) is 13.3 Å². The number of nitrogens with zero attached hydrogens (tertiary/aromatic N) is 1. The highest BCUT2D eigenvalue weighted by molar-refractivity contribution is 6.39. The van der Waals surface area contributed by atoms with Gasteiger partial charge in [0, 0.05) is 5.56 Å². The van der Waals surface area contributed by atoms with Gasteiger partial charge in [0.1, 0.15) is 11.4 Å². The van der Waals surface area contributed by atoms with Crippen LogP contribution < -0.4 is 19.7 Å². The number of esters is 1. The Hall–Kier alpha value is -4.47. The molecule has 1 aliphatic rings. The summed E-state index contributed by atoms with van der Waals surface area (Å²) in [4.78, 5) is 50.2. The molecule has 1 saturated heterocycles. The van der Waals surface area contributed by atoms with Crippen molar-refractivity contribution in [2.24, 2.45) is 0 Å². The van der Waals surface area contributed by atoms with Crippen LogP contribution in [-0.2, 0) is 25.5 Å². The van der Waals surface area contributed by atoms with E-state index in [2.05, 4.69) is 16.6 Å².